The summed E-state index contributed by atoms with van der Waals surface area (Å²) in [6.45, 7) is 0. The van der Waals surface area contributed by atoms with Crippen LogP contribution in [0.2, 0.25) is 0 Å². The summed E-state index contributed by atoms with van der Waals surface area (Å²) in [6.07, 6.45) is 9.83. The molecule has 1 aromatic heterocycles. The zero-order valence-electron chi connectivity index (χ0n) is 11.4. The summed E-state index contributed by atoms with van der Waals surface area (Å²) in [6, 6.07) is 11.8. The van der Waals surface area contributed by atoms with E-state index in [1.165, 1.54) is 24.0 Å². The number of pyridine rings is 1. The van der Waals surface area contributed by atoms with Gasteiger partial charge in [-0.15, -0.1) is 0 Å². The third-order valence-corrected chi connectivity index (χ3v) is 3.73. The largest absolute Gasteiger partial charge is 0.289 e. The highest BCUT2D eigenvalue weighted by Gasteiger charge is 2.11. The highest BCUT2D eigenvalue weighted by Crippen LogP contribution is 2.22. The lowest BCUT2D eigenvalue weighted by molar-refractivity contribution is 0.104. The van der Waals surface area contributed by atoms with E-state index in [0.29, 0.717) is 0 Å². The predicted molar refractivity (Wildman–Crippen MR) is 80.7 cm³/mol. The van der Waals surface area contributed by atoms with Gasteiger partial charge in [-0.3, -0.25) is 9.78 Å². The molecule has 0 fully saturated rings. The van der Waals surface area contributed by atoms with E-state index in [1.807, 2.05) is 24.3 Å². The fourth-order valence-corrected chi connectivity index (χ4v) is 2.62. The first-order valence-electron chi connectivity index (χ1n) is 7.08. The van der Waals surface area contributed by atoms with Gasteiger partial charge >= 0.3 is 0 Å². The Hall–Kier alpha value is -2.22. The molecular formula is C18H17NO. The molecule has 100 valence electrons. The van der Waals surface area contributed by atoms with Crippen LogP contribution in [0.5, 0.6) is 0 Å². The van der Waals surface area contributed by atoms with Crippen molar-refractivity contribution < 1.29 is 4.79 Å². The molecule has 1 heterocycles. The van der Waals surface area contributed by atoms with Gasteiger partial charge in [-0.1, -0.05) is 18.2 Å². The maximum absolute atomic E-state index is 12.2. The standard InChI is InChI=1S/C18H17NO/c20-18(11-10-17-7-3-4-12-19-17)16-9-8-14-5-1-2-6-15(14)13-16/h3-4,7-13H,1-2,5-6H2/b11-10+. The van der Waals surface area contributed by atoms with E-state index in [1.54, 1.807) is 18.3 Å². The lowest BCUT2D eigenvalue weighted by Gasteiger charge is -2.15. The number of benzene rings is 1. The van der Waals surface area contributed by atoms with Crippen LogP contribution in [0.3, 0.4) is 0 Å². The Kier molecular flexibility index (Phi) is 3.73. The van der Waals surface area contributed by atoms with Crippen molar-refractivity contribution in [2.45, 2.75) is 25.7 Å². The normalized spacial score (nSPS) is 14.2. The van der Waals surface area contributed by atoms with Crippen molar-refractivity contribution in [1.29, 1.82) is 0 Å². The molecule has 1 aromatic carbocycles. The molecule has 0 spiro atoms. The number of carbonyl (C=O) groups is 1. The van der Waals surface area contributed by atoms with Gasteiger partial charge in [-0.05, 0) is 67.2 Å². The molecule has 0 aliphatic heterocycles. The van der Waals surface area contributed by atoms with Gasteiger partial charge in [0.25, 0.3) is 0 Å². The van der Waals surface area contributed by atoms with Crippen LogP contribution in [-0.4, -0.2) is 10.8 Å². The highest BCUT2D eigenvalue weighted by atomic mass is 16.1. The Bertz CT molecular complexity index is 644. The molecule has 2 nitrogen and oxygen atoms in total. The van der Waals surface area contributed by atoms with Crippen LogP contribution in [-0.2, 0) is 12.8 Å². The molecule has 20 heavy (non-hydrogen) atoms. The quantitative estimate of drug-likeness (QED) is 0.621. The summed E-state index contributed by atoms with van der Waals surface area (Å²) in [5.74, 6) is 0.0454. The number of nitrogens with zero attached hydrogens (tertiary/aromatic N) is 1. The Morgan fingerprint density at radius 3 is 2.70 bits per heavy atom. The molecule has 0 saturated heterocycles. The van der Waals surface area contributed by atoms with Gasteiger partial charge in [0.1, 0.15) is 0 Å². The van der Waals surface area contributed by atoms with Crippen LogP contribution in [0.4, 0.5) is 0 Å². The summed E-state index contributed by atoms with van der Waals surface area (Å²) < 4.78 is 0. The Morgan fingerprint density at radius 1 is 1.05 bits per heavy atom. The van der Waals surface area contributed by atoms with Gasteiger partial charge in [-0.25, -0.2) is 0 Å². The molecule has 2 heteroatoms. The van der Waals surface area contributed by atoms with Crippen molar-refractivity contribution in [2.75, 3.05) is 0 Å². The maximum atomic E-state index is 12.2. The number of fused-ring (bicyclic) bond motifs is 1. The smallest absolute Gasteiger partial charge is 0.185 e. The van der Waals surface area contributed by atoms with Gasteiger partial charge in [0.05, 0.1) is 5.69 Å². The molecule has 2 aromatic rings. The van der Waals surface area contributed by atoms with Crippen LogP contribution in [0.25, 0.3) is 6.08 Å². The van der Waals surface area contributed by atoms with E-state index in [2.05, 4.69) is 17.1 Å². The molecular weight excluding hydrogens is 246 g/mol. The molecule has 1 aliphatic rings. The SMILES string of the molecule is O=C(/C=C/c1ccccn1)c1ccc2c(c1)CCCC2. The number of hydrogen-bond acceptors (Lipinski definition) is 2. The number of allylic oxidation sites excluding steroid dienone is 1. The minimum absolute atomic E-state index is 0.0454. The van der Waals surface area contributed by atoms with E-state index < -0.39 is 0 Å². The van der Waals surface area contributed by atoms with Gasteiger partial charge < -0.3 is 0 Å². The maximum Gasteiger partial charge on any atom is 0.185 e. The summed E-state index contributed by atoms with van der Waals surface area (Å²) in [5.41, 5.74) is 4.33. The van der Waals surface area contributed by atoms with Gasteiger partial charge in [0, 0.05) is 11.8 Å². The molecule has 0 bridgehead atoms. The average molecular weight is 263 g/mol. The van der Waals surface area contributed by atoms with Crippen molar-refractivity contribution in [1.82, 2.24) is 4.98 Å². The summed E-state index contributed by atoms with van der Waals surface area (Å²) in [7, 11) is 0. The van der Waals surface area contributed by atoms with E-state index in [9.17, 15) is 4.79 Å². The van der Waals surface area contributed by atoms with Crippen molar-refractivity contribution in [2.24, 2.45) is 0 Å². The van der Waals surface area contributed by atoms with E-state index in [0.717, 1.165) is 24.1 Å². The number of rotatable bonds is 3. The molecule has 0 radical (unpaired) electrons. The first kappa shape index (κ1) is 12.8. The van der Waals surface area contributed by atoms with E-state index in [4.69, 9.17) is 0 Å². The Morgan fingerprint density at radius 2 is 1.90 bits per heavy atom. The Labute approximate surface area is 119 Å². The van der Waals surface area contributed by atoms with Crippen LogP contribution in [0.15, 0.2) is 48.7 Å². The fraction of sp³-hybridized carbons (Fsp3) is 0.222. The van der Waals surface area contributed by atoms with E-state index >= 15 is 0 Å². The zero-order valence-corrected chi connectivity index (χ0v) is 11.4. The summed E-state index contributed by atoms with van der Waals surface area (Å²) >= 11 is 0. The molecule has 0 saturated carbocycles. The molecule has 0 amide bonds. The molecule has 3 rings (SSSR count). The number of aryl methyl sites for hydroxylation is 2. The second-order valence-corrected chi connectivity index (χ2v) is 5.14. The monoisotopic (exact) mass is 263 g/mol. The van der Waals surface area contributed by atoms with Gasteiger partial charge in [0.15, 0.2) is 5.78 Å². The second kappa shape index (κ2) is 5.83. The second-order valence-electron chi connectivity index (χ2n) is 5.14. The van der Waals surface area contributed by atoms with Crippen LogP contribution in [0, 0.1) is 0 Å². The van der Waals surface area contributed by atoms with Crippen LogP contribution >= 0.6 is 0 Å². The number of hydrogen-bond donors (Lipinski definition) is 0. The third kappa shape index (κ3) is 2.85. The third-order valence-electron chi connectivity index (χ3n) is 3.73. The van der Waals surface area contributed by atoms with Crippen molar-refractivity contribution in [3.05, 3.63) is 71.1 Å². The average Bonchev–Trinajstić information content (AvgIpc) is 2.53. The van der Waals surface area contributed by atoms with Crippen molar-refractivity contribution in [3.8, 4) is 0 Å². The van der Waals surface area contributed by atoms with Crippen LogP contribution < -0.4 is 0 Å². The first-order valence-corrected chi connectivity index (χ1v) is 7.08. The first-order chi connectivity index (χ1) is 9.83. The topological polar surface area (TPSA) is 30.0 Å². The number of carbonyl (C=O) groups excluding carboxylic acids is 1. The number of ketones is 1. The molecule has 1 aliphatic carbocycles. The van der Waals surface area contributed by atoms with Gasteiger partial charge in [-0.2, -0.15) is 0 Å². The van der Waals surface area contributed by atoms with Crippen molar-refractivity contribution in [3.63, 3.8) is 0 Å². The summed E-state index contributed by atoms with van der Waals surface area (Å²) in [4.78, 5) is 16.4. The zero-order chi connectivity index (χ0) is 13.8. The highest BCUT2D eigenvalue weighted by molar-refractivity contribution is 6.06. The summed E-state index contributed by atoms with van der Waals surface area (Å²) in [5, 5.41) is 0. The lowest BCUT2D eigenvalue weighted by atomic mass is 9.90. The van der Waals surface area contributed by atoms with Gasteiger partial charge in [0.2, 0.25) is 0 Å². The Balaban J connectivity index is 1.79. The van der Waals surface area contributed by atoms with Crippen LogP contribution in [0.1, 0.15) is 40.0 Å². The minimum Gasteiger partial charge on any atom is -0.289 e. The molecule has 0 unspecified atom stereocenters. The van der Waals surface area contributed by atoms with E-state index in [-0.39, 0.29) is 5.78 Å². The molecule has 0 N–H and O–H groups in total. The lowest BCUT2D eigenvalue weighted by Crippen LogP contribution is -2.05. The number of aromatic nitrogens is 1. The molecule has 0 atom stereocenters. The minimum atomic E-state index is 0.0454. The fourth-order valence-electron chi connectivity index (χ4n) is 2.62. The van der Waals surface area contributed by atoms with Crippen molar-refractivity contribution >= 4 is 11.9 Å². The predicted octanol–water partition coefficient (Wildman–Crippen LogP) is 3.86.